The second-order valence-corrected chi connectivity index (χ2v) is 7.05. The van der Waals surface area contributed by atoms with Crippen molar-refractivity contribution in [2.24, 2.45) is 0 Å². The van der Waals surface area contributed by atoms with Gasteiger partial charge in [-0.15, -0.1) is 11.8 Å². The lowest BCUT2D eigenvalue weighted by Gasteiger charge is -2.23. The van der Waals surface area contributed by atoms with E-state index >= 15 is 0 Å². The average Bonchev–Trinajstić information content (AvgIpc) is 2.73. The van der Waals surface area contributed by atoms with Gasteiger partial charge in [0.15, 0.2) is 0 Å². The number of carbonyl (C=O) groups is 1. The number of rotatable bonds is 3. The molecule has 1 heterocycles. The largest absolute Gasteiger partial charge is 0.493 e. The van der Waals surface area contributed by atoms with Crippen molar-refractivity contribution in [2.75, 3.05) is 18.1 Å². The summed E-state index contributed by atoms with van der Waals surface area (Å²) >= 11 is 1.84. The Morgan fingerprint density at radius 3 is 2.78 bits per heavy atom. The average molecular weight is 327 g/mol. The van der Waals surface area contributed by atoms with Crippen LogP contribution in [-0.4, -0.2) is 24.3 Å². The van der Waals surface area contributed by atoms with Crippen LogP contribution in [0.15, 0.2) is 53.4 Å². The molecule has 3 nitrogen and oxygen atoms in total. The molecule has 0 N–H and O–H groups in total. The molecule has 0 unspecified atom stereocenters. The summed E-state index contributed by atoms with van der Waals surface area (Å²) in [6.07, 6.45) is 0.974. The Balaban J connectivity index is 1.99. The van der Waals surface area contributed by atoms with Gasteiger partial charge in [-0.05, 0) is 37.6 Å². The molecule has 3 rings (SSSR count). The van der Waals surface area contributed by atoms with Crippen molar-refractivity contribution in [3.05, 3.63) is 54.1 Å². The highest BCUT2D eigenvalue weighted by molar-refractivity contribution is 8.00. The van der Waals surface area contributed by atoms with Crippen molar-refractivity contribution in [1.82, 2.24) is 0 Å². The van der Waals surface area contributed by atoms with Crippen LogP contribution >= 0.6 is 11.8 Å². The van der Waals surface area contributed by atoms with Gasteiger partial charge in [-0.25, -0.2) is 0 Å². The molecule has 0 aromatic heterocycles. The first kappa shape index (κ1) is 15.9. The first-order valence-corrected chi connectivity index (χ1v) is 8.88. The Hall–Kier alpha value is -1.94. The van der Waals surface area contributed by atoms with Crippen LogP contribution in [0.4, 0.5) is 5.69 Å². The number of carbonyl (C=O) groups excluding carboxylic acids is 1. The van der Waals surface area contributed by atoms with Gasteiger partial charge in [0.2, 0.25) is 0 Å². The number of benzene rings is 2. The summed E-state index contributed by atoms with van der Waals surface area (Å²) in [5.74, 6) is 0.665. The first-order valence-electron chi connectivity index (χ1n) is 8.00. The van der Waals surface area contributed by atoms with Crippen molar-refractivity contribution in [2.45, 2.75) is 30.4 Å². The van der Waals surface area contributed by atoms with E-state index in [1.54, 1.807) is 0 Å². The number of anilines is 1. The van der Waals surface area contributed by atoms with E-state index in [4.69, 9.17) is 4.74 Å². The number of nitrogens with zero attached hydrogens (tertiary/aromatic N) is 1. The summed E-state index contributed by atoms with van der Waals surface area (Å²) in [6, 6.07) is 15.6. The van der Waals surface area contributed by atoms with Crippen LogP contribution in [0.25, 0.3) is 0 Å². The second kappa shape index (κ2) is 7.09. The molecule has 0 radical (unpaired) electrons. The summed E-state index contributed by atoms with van der Waals surface area (Å²) in [6.45, 7) is 5.42. The van der Waals surface area contributed by atoms with Crippen LogP contribution in [0.1, 0.15) is 30.6 Å². The molecule has 23 heavy (non-hydrogen) atoms. The third-order valence-electron chi connectivity index (χ3n) is 3.91. The molecule has 0 aliphatic carbocycles. The molecular weight excluding hydrogens is 306 g/mol. The van der Waals surface area contributed by atoms with Crippen molar-refractivity contribution in [3.8, 4) is 5.75 Å². The Morgan fingerprint density at radius 1 is 1.22 bits per heavy atom. The molecule has 0 bridgehead atoms. The highest BCUT2D eigenvalue weighted by Crippen LogP contribution is 2.38. The molecule has 1 aliphatic heterocycles. The second-order valence-electron chi connectivity index (χ2n) is 5.57. The van der Waals surface area contributed by atoms with Gasteiger partial charge in [-0.1, -0.05) is 31.2 Å². The summed E-state index contributed by atoms with van der Waals surface area (Å²) in [5, 5.41) is 0.496. The summed E-state index contributed by atoms with van der Waals surface area (Å²) in [7, 11) is 0. The molecular formula is C19H21NO2S. The predicted molar refractivity (Wildman–Crippen MR) is 95.7 cm³/mol. The van der Waals surface area contributed by atoms with E-state index in [1.165, 1.54) is 4.90 Å². The summed E-state index contributed by atoms with van der Waals surface area (Å²) < 4.78 is 5.64. The third-order valence-corrected chi connectivity index (χ3v) is 5.14. The maximum Gasteiger partial charge on any atom is 0.262 e. The number of hydrogen-bond acceptors (Lipinski definition) is 3. The Morgan fingerprint density at radius 2 is 1.96 bits per heavy atom. The standard InChI is InChI=1S/C19H21NO2S/c1-3-22-17-10-6-4-8-15(17)19(21)20-13-12-14(2)23-18-11-7-5-9-16(18)20/h4-11,14H,3,12-13H2,1-2H3/t14-/m0/s1. The quantitative estimate of drug-likeness (QED) is 0.824. The minimum Gasteiger partial charge on any atom is -0.493 e. The van der Waals surface area contributed by atoms with E-state index in [0.717, 1.165) is 18.7 Å². The minimum absolute atomic E-state index is 0.0104. The van der Waals surface area contributed by atoms with Crippen molar-refractivity contribution in [1.29, 1.82) is 0 Å². The van der Waals surface area contributed by atoms with Crippen LogP contribution in [0.3, 0.4) is 0 Å². The van der Waals surface area contributed by atoms with E-state index in [-0.39, 0.29) is 5.91 Å². The minimum atomic E-state index is 0.0104. The molecule has 0 saturated heterocycles. The predicted octanol–water partition coefficient (Wildman–Crippen LogP) is 4.62. The number of hydrogen-bond donors (Lipinski definition) is 0. The maximum atomic E-state index is 13.2. The van der Waals surface area contributed by atoms with Crippen LogP contribution < -0.4 is 9.64 Å². The molecule has 4 heteroatoms. The molecule has 1 aliphatic rings. The first-order chi connectivity index (χ1) is 11.2. The maximum absolute atomic E-state index is 13.2. The van der Waals surface area contributed by atoms with E-state index < -0.39 is 0 Å². The van der Waals surface area contributed by atoms with Gasteiger partial charge in [0, 0.05) is 16.7 Å². The lowest BCUT2D eigenvalue weighted by molar-refractivity contribution is 0.0983. The van der Waals surface area contributed by atoms with Crippen LogP contribution in [0.2, 0.25) is 0 Å². The molecule has 1 atom stereocenters. The van der Waals surface area contributed by atoms with E-state index in [2.05, 4.69) is 13.0 Å². The fraction of sp³-hybridized carbons (Fsp3) is 0.316. The Labute approximate surface area is 141 Å². The van der Waals surface area contributed by atoms with Crippen molar-refractivity contribution in [3.63, 3.8) is 0 Å². The van der Waals surface area contributed by atoms with E-state index in [0.29, 0.717) is 23.2 Å². The Bertz CT molecular complexity index is 701. The number of ether oxygens (including phenoxy) is 1. The molecule has 1 amide bonds. The fourth-order valence-electron chi connectivity index (χ4n) is 2.77. The third kappa shape index (κ3) is 3.37. The van der Waals surface area contributed by atoms with Crippen LogP contribution in [0, 0.1) is 0 Å². The van der Waals surface area contributed by atoms with Gasteiger partial charge in [0.25, 0.3) is 5.91 Å². The lowest BCUT2D eigenvalue weighted by Crippen LogP contribution is -2.32. The zero-order valence-electron chi connectivity index (χ0n) is 13.5. The zero-order chi connectivity index (χ0) is 16.2. The fourth-order valence-corrected chi connectivity index (χ4v) is 3.88. The number of thioether (sulfide) groups is 1. The molecule has 0 fully saturated rings. The normalized spacial score (nSPS) is 17.3. The van der Waals surface area contributed by atoms with Gasteiger partial charge in [0.05, 0.1) is 17.9 Å². The highest BCUT2D eigenvalue weighted by atomic mass is 32.2. The zero-order valence-corrected chi connectivity index (χ0v) is 14.3. The van der Waals surface area contributed by atoms with Gasteiger partial charge < -0.3 is 9.64 Å². The Kier molecular flexibility index (Phi) is 4.91. The highest BCUT2D eigenvalue weighted by Gasteiger charge is 2.26. The molecule has 2 aromatic carbocycles. The SMILES string of the molecule is CCOc1ccccc1C(=O)N1CC[C@H](C)Sc2ccccc21. The lowest BCUT2D eigenvalue weighted by atomic mass is 10.1. The number of para-hydroxylation sites is 2. The molecule has 120 valence electrons. The number of fused-ring (bicyclic) bond motifs is 1. The molecule has 0 spiro atoms. The van der Waals surface area contributed by atoms with Gasteiger partial charge in [0.1, 0.15) is 5.75 Å². The van der Waals surface area contributed by atoms with Crippen LogP contribution in [0.5, 0.6) is 5.75 Å². The van der Waals surface area contributed by atoms with Gasteiger partial charge in [-0.3, -0.25) is 4.79 Å². The molecule has 0 saturated carbocycles. The van der Waals surface area contributed by atoms with Gasteiger partial charge in [-0.2, -0.15) is 0 Å². The van der Waals surface area contributed by atoms with E-state index in [1.807, 2.05) is 66.1 Å². The van der Waals surface area contributed by atoms with Crippen molar-refractivity contribution < 1.29 is 9.53 Å². The topological polar surface area (TPSA) is 29.5 Å². The van der Waals surface area contributed by atoms with E-state index in [9.17, 15) is 4.79 Å². The van der Waals surface area contributed by atoms with Crippen molar-refractivity contribution >= 4 is 23.4 Å². The van der Waals surface area contributed by atoms with Gasteiger partial charge >= 0.3 is 0 Å². The monoisotopic (exact) mass is 327 g/mol. The number of amides is 1. The molecule has 2 aromatic rings. The smallest absolute Gasteiger partial charge is 0.262 e. The summed E-state index contributed by atoms with van der Waals surface area (Å²) in [4.78, 5) is 16.2. The summed E-state index contributed by atoms with van der Waals surface area (Å²) in [5.41, 5.74) is 1.63. The van der Waals surface area contributed by atoms with Crippen LogP contribution in [-0.2, 0) is 0 Å².